The van der Waals surface area contributed by atoms with E-state index in [1.54, 1.807) is 16.8 Å². The lowest BCUT2D eigenvalue weighted by Gasteiger charge is -2.22. The van der Waals surface area contributed by atoms with Crippen molar-refractivity contribution in [2.24, 2.45) is 0 Å². The van der Waals surface area contributed by atoms with Gasteiger partial charge in [-0.2, -0.15) is 10.4 Å². The summed E-state index contributed by atoms with van der Waals surface area (Å²) >= 11 is 0. The van der Waals surface area contributed by atoms with Gasteiger partial charge in [-0.05, 0) is 31.4 Å². The number of rotatable bonds is 1. The second-order valence-electron chi connectivity index (χ2n) is 4.97. The van der Waals surface area contributed by atoms with Crippen LogP contribution in [0.3, 0.4) is 0 Å². The molecule has 6 heteroatoms. The van der Waals surface area contributed by atoms with Crippen LogP contribution in [-0.4, -0.2) is 26.0 Å². The Morgan fingerprint density at radius 1 is 1.35 bits per heavy atom. The molecule has 1 aliphatic heterocycles. The summed E-state index contributed by atoms with van der Waals surface area (Å²) < 4.78 is 9.28. The molecule has 0 amide bonds. The normalized spacial score (nSPS) is 19.4. The van der Waals surface area contributed by atoms with E-state index in [1.165, 1.54) is 0 Å². The molecule has 6 nitrogen and oxygen atoms in total. The maximum Gasteiger partial charge on any atom is 0.183 e. The number of aromatic nitrogens is 4. The smallest absolute Gasteiger partial charge is 0.183 e. The SMILES string of the molecule is N#Cc1cccc2c3cnn(C4CCCCO4)c3nn12. The summed E-state index contributed by atoms with van der Waals surface area (Å²) in [5.74, 6) is 0. The molecule has 0 radical (unpaired) electrons. The molecule has 0 bridgehead atoms. The summed E-state index contributed by atoms with van der Waals surface area (Å²) in [6.07, 6.45) is 4.96. The minimum atomic E-state index is -0.0447. The lowest BCUT2D eigenvalue weighted by molar-refractivity contribution is -0.0370. The molecule has 4 heterocycles. The third-order valence-corrected chi connectivity index (χ3v) is 3.75. The lowest BCUT2D eigenvalue weighted by atomic mass is 10.2. The summed E-state index contributed by atoms with van der Waals surface area (Å²) in [6.45, 7) is 0.767. The monoisotopic (exact) mass is 267 g/mol. The van der Waals surface area contributed by atoms with Crippen molar-refractivity contribution < 1.29 is 4.74 Å². The molecule has 0 aliphatic carbocycles. The van der Waals surface area contributed by atoms with Gasteiger partial charge in [0.1, 0.15) is 11.8 Å². The zero-order valence-electron chi connectivity index (χ0n) is 10.9. The summed E-state index contributed by atoms with van der Waals surface area (Å²) in [7, 11) is 0. The Balaban J connectivity index is 1.94. The Morgan fingerprint density at radius 2 is 2.30 bits per heavy atom. The maximum absolute atomic E-state index is 9.16. The molecule has 4 rings (SSSR count). The van der Waals surface area contributed by atoms with Gasteiger partial charge in [-0.3, -0.25) is 0 Å². The summed E-state index contributed by atoms with van der Waals surface area (Å²) in [4.78, 5) is 0. The minimum absolute atomic E-state index is 0.0447. The van der Waals surface area contributed by atoms with Crippen LogP contribution in [-0.2, 0) is 4.74 Å². The Labute approximate surface area is 115 Å². The lowest BCUT2D eigenvalue weighted by Crippen LogP contribution is -2.19. The largest absolute Gasteiger partial charge is 0.356 e. The van der Waals surface area contributed by atoms with Crippen LogP contribution in [0.4, 0.5) is 0 Å². The van der Waals surface area contributed by atoms with Gasteiger partial charge in [0.05, 0.1) is 17.1 Å². The molecular weight excluding hydrogens is 254 g/mol. The Hall–Kier alpha value is -2.39. The molecule has 0 saturated carbocycles. The van der Waals surface area contributed by atoms with Crippen LogP contribution in [0.5, 0.6) is 0 Å². The third-order valence-electron chi connectivity index (χ3n) is 3.75. The van der Waals surface area contributed by atoms with Crippen molar-refractivity contribution in [1.29, 1.82) is 5.26 Å². The van der Waals surface area contributed by atoms with Crippen LogP contribution in [0.15, 0.2) is 24.4 Å². The highest BCUT2D eigenvalue weighted by Gasteiger charge is 2.21. The molecule has 0 aromatic carbocycles. The van der Waals surface area contributed by atoms with E-state index in [9.17, 15) is 0 Å². The molecule has 1 fully saturated rings. The molecule has 0 N–H and O–H groups in total. The van der Waals surface area contributed by atoms with Crippen molar-refractivity contribution in [1.82, 2.24) is 19.4 Å². The Morgan fingerprint density at radius 3 is 3.10 bits per heavy atom. The summed E-state index contributed by atoms with van der Waals surface area (Å²) in [5, 5.41) is 19.1. The predicted octanol–water partition coefficient (Wildman–Crippen LogP) is 2.25. The van der Waals surface area contributed by atoms with Crippen LogP contribution >= 0.6 is 0 Å². The Kier molecular flexibility index (Phi) is 2.47. The molecule has 20 heavy (non-hydrogen) atoms. The first-order valence-electron chi connectivity index (χ1n) is 6.75. The Bertz CT molecular complexity index is 819. The van der Waals surface area contributed by atoms with Gasteiger partial charge in [0.25, 0.3) is 0 Å². The topological polar surface area (TPSA) is 68.1 Å². The zero-order valence-corrected chi connectivity index (χ0v) is 10.9. The zero-order chi connectivity index (χ0) is 13.5. The van der Waals surface area contributed by atoms with Crippen LogP contribution in [0.1, 0.15) is 31.2 Å². The van der Waals surface area contributed by atoms with Gasteiger partial charge >= 0.3 is 0 Å². The van der Waals surface area contributed by atoms with E-state index in [0.29, 0.717) is 5.69 Å². The van der Waals surface area contributed by atoms with Crippen molar-refractivity contribution in [3.63, 3.8) is 0 Å². The van der Waals surface area contributed by atoms with Crippen LogP contribution < -0.4 is 0 Å². The van der Waals surface area contributed by atoms with Gasteiger partial charge in [-0.1, -0.05) is 6.07 Å². The van der Waals surface area contributed by atoms with Gasteiger partial charge in [-0.15, -0.1) is 5.10 Å². The van der Waals surface area contributed by atoms with Crippen molar-refractivity contribution in [2.45, 2.75) is 25.5 Å². The second-order valence-corrected chi connectivity index (χ2v) is 4.97. The fourth-order valence-electron chi connectivity index (χ4n) is 2.76. The van der Waals surface area contributed by atoms with Crippen molar-refractivity contribution >= 4 is 16.6 Å². The number of hydrogen-bond donors (Lipinski definition) is 0. The molecule has 1 aliphatic rings. The fraction of sp³-hybridized carbons (Fsp3) is 0.357. The first kappa shape index (κ1) is 11.4. The van der Waals surface area contributed by atoms with E-state index < -0.39 is 0 Å². The van der Waals surface area contributed by atoms with Crippen LogP contribution in [0.25, 0.3) is 16.6 Å². The molecule has 1 unspecified atom stereocenters. The van der Waals surface area contributed by atoms with Crippen molar-refractivity contribution in [2.75, 3.05) is 6.61 Å². The quantitative estimate of drug-likeness (QED) is 0.678. The molecule has 3 aromatic rings. The number of pyridine rings is 1. The molecule has 1 saturated heterocycles. The van der Waals surface area contributed by atoms with Crippen LogP contribution in [0, 0.1) is 11.3 Å². The van der Waals surface area contributed by atoms with E-state index in [0.717, 1.165) is 42.4 Å². The summed E-state index contributed by atoms with van der Waals surface area (Å²) in [5.41, 5.74) is 2.20. The first-order chi connectivity index (χ1) is 9.88. The first-order valence-corrected chi connectivity index (χ1v) is 6.75. The fourth-order valence-corrected chi connectivity index (χ4v) is 2.76. The average Bonchev–Trinajstić information content (AvgIpc) is 3.06. The molecule has 1 atom stereocenters. The highest BCUT2D eigenvalue weighted by atomic mass is 16.5. The van der Waals surface area contributed by atoms with E-state index >= 15 is 0 Å². The van der Waals surface area contributed by atoms with Gasteiger partial charge in [0, 0.05) is 6.61 Å². The standard InChI is InChI=1S/C14H13N5O/c15-8-10-4-3-5-12-11-9-16-19(14(11)17-18(10)12)13-6-1-2-7-20-13/h3-5,9,13H,1-2,6-7H2. The van der Waals surface area contributed by atoms with E-state index in [2.05, 4.69) is 16.3 Å². The predicted molar refractivity (Wildman–Crippen MR) is 72.0 cm³/mol. The maximum atomic E-state index is 9.16. The van der Waals surface area contributed by atoms with Crippen LogP contribution in [0.2, 0.25) is 0 Å². The highest BCUT2D eigenvalue weighted by Crippen LogP contribution is 2.27. The number of fused-ring (bicyclic) bond motifs is 3. The number of hydrogen-bond acceptors (Lipinski definition) is 4. The third kappa shape index (κ3) is 1.53. The average molecular weight is 267 g/mol. The van der Waals surface area contributed by atoms with Gasteiger partial charge in [0.15, 0.2) is 11.9 Å². The van der Waals surface area contributed by atoms with E-state index in [1.807, 2.05) is 16.8 Å². The molecule has 100 valence electrons. The van der Waals surface area contributed by atoms with Gasteiger partial charge < -0.3 is 4.74 Å². The molecule has 3 aromatic heterocycles. The minimum Gasteiger partial charge on any atom is -0.356 e. The second kappa shape index (κ2) is 4.32. The number of nitrogens with zero attached hydrogens (tertiary/aromatic N) is 5. The summed E-state index contributed by atoms with van der Waals surface area (Å²) in [6, 6.07) is 7.73. The van der Waals surface area contributed by atoms with Crippen molar-refractivity contribution in [3.05, 3.63) is 30.1 Å². The van der Waals surface area contributed by atoms with Crippen molar-refractivity contribution in [3.8, 4) is 6.07 Å². The van der Waals surface area contributed by atoms with E-state index in [-0.39, 0.29) is 6.23 Å². The number of ether oxygens (including phenoxy) is 1. The molecular formula is C14H13N5O. The van der Waals surface area contributed by atoms with Gasteiger partial charge in [0.2, 0.25) is 0 Å². The van der Waals surface area contributed by atoms with E-state index in [4.69, 9.17) is 10.00 Å². The molecule has 0 spiro atoms. The van der Waals surface area contributed by atoms with Gasteiger partial charge in [-0.25, -0.2) is 9.20 Å². The number of nitriles is 1. The highest BCUT2D eigenvalue weighted by molar-refractivity contribution is 5.92.